The van der Waals surface area contributed by atoms with Crippen molar-refractivity contribution in [1.29, 1.82) is 0 Å². The van der Waals surface area contributed by atoms with Gasteiger partial charge in [0.1, 0.15) is 0 Å². The molecule has 0 unspecified atom stereocenters. The molecule has 5 heteroatoms. The average molecular weight is 282 g/mol. The fourth-order valence-electron chi connectivity index (χ4n) is 2.40. The molecular formula is C14H20ClN3O. The highest BCUT2D eigenvalue weighted by molar-refractivity contribution is 6.33. The molecular weight excluding hydrogens is 262 g/mol. The van der Waals surface area contributed by atoms with Crippen LogP contribution in [0.3, 0.4) is 0 Å². The Balaban J connectivity index is 1.79. The Bertz CT molecular complexity index is 430. The highest BCUT2D eigenvalue weighted by atomic mass is 35.5. The number of nitrogens with two attached hydrogens (primary N) is 1. The topological polar surface area (TPSA) is 49.6 Å². The predicted molar refractivity (Wildman–Crippen MR) is 78.5 cm³/mol. The smallest absolute Gasteiger partial charge is 0.217 e. The van der Waals surface area contributed by atoms with Crippen LogP contribution in [0.2, 0.25) is 5.02 Å². The van der Waals surface area contributed by atoms with Crippen molar-refractivity contribution in [2.24, 2.45) is 5.73 Å². The van der Waals surface area contributed by atoms with E-state index in [9.17, 15) is 4.79 Å². The number of anilines is 1. The lowest BCUT2D eigenvalue weighted by molar-refractivity contribution is -0.118. The van der Waals surface area contributed by atoms with Gasteiger partial charge in [0.15, 0.2) is 0 Å². The molecule has 0 radical (unpaired) electrons. The minimum atomic E-state index is -0.213. The number of carbonyl (C=O) groups is 1. The number of piperazine rings is 1. The summed E-state index contributed by atoms with van der Waals surface area (Å²) < 4.78 is 0. The first-order valence-corrected chi connectivity index (χ1v) is 7.05. The zero-order valence-corrected chi connectivity index (χ0v) is 11.8. The highest BCUT2D eigenvalue weighted by Gasteiger charge is 2.18. The minimum Gasteiger partial charge on any atom is -0.370 e. The third-order valence-electron chi connectivity index (χ3n) is 3.46. The van der Waals surface area contributed by atoms with Crippen LogP contribution in [-0.2, 0) is 4.79 Å². The second-order valence-electron chi connectivity index (χ2n) is 4.85. The van der Waals surface area contributed by atoms with E-state index < -0.39 is 0 Å². The molecule has 4 nitrogen and oxygen atoms in total. The third-order valence-corrected chi connectivity index (χ3v) is 3.78. The third kappa shape index (κ3) is 4.11. The van der Waals surface area contributed by atoms with E-state index in [1.807, 2.05) is 18.2 Å². The van der Waals surface area contributed by atoms with Crippen LogP contribution < -0.4 is 10.6 Å². The quantitative estimate of drug-likeness (QED) is 0.894. The Kier molecular flexibility index (Phi) is 5.05. The molecule has 1 aliphatic rings. The molecule has 1 fully saturated rings. The first-order chi connectivity index (χ1) is 9.16. The highest BCUT2D eigenvalue weighted by Crippen LogP contribution is 2.25. The van der Waals surface area contributed by atoms with Crippen molar-refractivity contribution in [1.82, 2.24) is 4.90 Å². The normalized spacial score (nSPS) is 16.6. The lowest BCUT2D eigenvalue weighted by Crippen LogP contribution is -2.46. The molecule has 2 N–H and O–H groups in total. The standard InChI is InChI=1S/C14H20ClN3O/c15-12-4-1-2-5-13(12)18-10-8-17(9-11-18)7-3-6-14(16)19/h1-2,4-5H,3,6-11H2,(H2,16,19). The summed E-state index contributed by atoms with van der Waals surface area (Å²) in [7, 11) is 0. The fourth-order valence-corrected chi connectivity index (χ4v) is 2.65. The van der Waals surface area contributed by atoms with E-state index in [2.05, 4.69) is 15.9 Å². The lowest BCUT2D eigenvalue weighted by atomic mass is 10.2. The van der Waals surface area contributed by atoms with E-state index in [-0.39, 0.29) is 5.91 Å². The minimum absolute atomic E-state index is 0.213. The first kappa shape index (κ1) is 14.2. The van der Waals surface area contributed by atoms with Gasteiger partial charge in [-0.25, -0.2) is 0 Å². The van der Waals surface area contributed by atoms with Gasteiger partial charge < -0.3 is 10.6 Å². The van der Waals surface area contributed by atoms with Gasteiger partial charge in [0, 0.05) is 32.6 Å². The molecule has 104 valence electrons. The summed E-state index contributed by atoms with van der Waals surface area (Å²) in [6, 6.07) is 7.95. The molecule has 19 heavy (non-hydrogen) atoms. The maximum absolute atomic E-state index is 10.7. The summed E-state index contributed by atoms with van der Waals surface area (Å²) >= 11 is 6.21. The number of para-hydroxylation sites is 1. The van der Waals surface area contributed by atoms with Gasteiger partial charge in [-0.1, -0.05) is 23.7 Å². The number of amides is 1. The number of carbonyl (C=O) groups excluding carboxylic acids is 1. The van der Waals surface area contributed by atoms with Crippen molar-refractivity contribution in [2.75, 3.05) is 37.6 Å². The molecule has 2 rings (SSSR count). The fraction of sp³-hybridized carbons (Fsp3) is 0.500. The monoisotopic (exact) mass is 281 g/mol. The van der Waals surface area contributed by atoms with Crippen LogP contribution in [0.4, 0.5) is 5.69 Å². The van der Waals surface area contributed by atoms with Gasteiger partial charge in [0.05, 0.1) is 10.7 Å². The van der Waals surface area contributed by atoms with Gasteiger partial charge in [0.25, 0.3) is 0 Å². The van der Waals surface area contributed by atoms with Crippen LogP contribution in [-0.4, -0.2) is 43.5 Å². The molecule has 0 atom stereocenters. The van der Waals surface area contributed by atoms with Crippen LogP contribution in [0, 0.1) is 0 Å². The maximum Gasteiger partial charge on any atom is 0.217 e. The number of nitrogens with zero attached hydrogens (tertiary/aromatic N) is 2. The Morgan fingerprint density at radius 2 is 1.89 bits per heavy atom. The summed E-state index contributed by atoms with van der Waals surface area (Å²) in [5, 5.41) is 0.810. The van der Waals surface area contributed by atoms with Gasteiger partial charge in [-0.15, -0.1) is 0 Å². The number of halogens is 1. The van der Waals surface area contributed by atoms with Gasteiger partial charge >= 0.3 is 0 Å². The maximum atomic E-state index is 10.7. The Morgan fingerprint density at radius 1 is 1.21 bits per heavy atom. The van der Waals surface area contributed by atoms with Crippen LogP contribution in [0.5, 0.6) is 0 Å². The van der Waals surface area contributed by atoms with Crippen molar-refractivity contribution in [3.63, 3.8) is 0 Å². The van der Waals surface area contributed by atoms with Crippen molar-refractivity contribution in [3.8, 4) is 0 Å². The second kappa shape index (κ2) is 6.78. The van der Waals surface area contributed by atoms with E-state index in [0.29, 0.717) is 6.42 Å². The van der Waals surface area contributed by atoms with E-state index in [1.54, 1.807) is 0 Å². The molecule has 1 aromatic carbocycles. The van der Waals surface area contributed by atoms with Crippen LogP contribution in [0.1, 0.15) is 12.8 Å². The van der Waals surface area contributed by atoms with Crippen LogP contribution in [0.25, 0.3) is 0 Å². The second-order valence-corrected chi connectivity index (χ2v) is 5.26. The van der Waals surface area contributed by atoms with Crippen molar-refractivity contribution >= 4 is 23.2 Å². The largest absolute Gasteiger partial charge is 0.370 e. The van der Waals surface area contributed by atoms with E-state index >= 15 is 0 Å². The van der Waals surface area contributed by atoms with E-state index in [4.69, 9.17) is 17.3 Å². The Labute approximate surface area is 119 Å². The molecule has 0 saturated carbocycles. The number of rotatable bonds is 5. The van der Waals surface area contributed by atoms with Gasteiger partial charge in [-0.3, -0.25) is 9.69 Å². The summed E-state index contributed by atoms with van der Waals surface area (Å²) in [6.07, 6.45) is 1.33. The zero-order chi connectivity index (χ0) is 13.7. The number of hydrogen-bond acceptors (Lipinski definition) is 3. The summed E-state index contributed by atoms with van der Waals surface area (Å²) in [5.41, 5.74) is 6.25. The lowest BCUT2D eigenvalue weighted by Gasteiger charge is -2.36. The summed E-state index contributed by atoms with van der Waals surface area (Å²) in [4.78, 5) is 15.4. The Hall–Kier alpha value is -1.26. The first-order valence-electron chi connectivity index (χ1n) is 6.67. The number of hydrogen-bond donors (Lipinski definition) is 1. The van der Waals surface area contributed by atoms with E-state index in [0.717, 1.165) is 49.9 Å². The average Bonchev–Trinajstić information content (AvgIpc) is 2.40. The SMILES string of the molecule is NC(=O)CCCN1CCN(c2ccccc2Cl)CC1. The van der Waals surface area contributed by atoms with Crippen LogP contribution in [0.15, 0.2) is 24.3 Å². The van der Waals surface area contributed by atoms with E-state index in [1.165, 1.54) is 0 Å². The molecule has 0 aliphatic carbocycles. The van der Waals surface area contributed by atoms with Crippen molar-refractivity contribution in [3.05, 3.63) is 29.3 Å². The van der Waals surface area contributed by atoms with Crippen molar-refractivity contribution < 1.29 is 4.79 Å². The molecule has 0 bridgehead atoms. The van der Waals surface area contributed by atoms with Crippen LogP contribution >= 0.6 is 11.6 Å². The van der Waals surface area contributed by atoms with Gasteiger partial charge in [0.2, 0.25) is 5.91 Å². The number of benzene rings is 1. The summed E-state index contributed by atoms with van der Waals surface area (Å²) in [6.45, 7) is 4.90. The zero-order valence-electron chi connectivity index (χ0n) is 11.0. The molecule has 0 spiro atoms. The Morgan fingerprint density at radius 3 is 2.53 bits per heavy atom. The summed E-state index contributed by atoms with van der Waals surface area (Å²) in [5.74, 6) is -0.213. The van der Waals surface area contributed by atoms with Gasteiger partial charge in [-0.2, -0.15) is 0 Å². The molecule has 1 aromatic rings. The molecule has 1 saturated heterocycles. The molecule has 1 aliphatic heterocycles. The van der Waals surface area contributed by atoms with Gasteiger partial charge in [-0.05, 0) is 25.1 Å². The predicted octanol–water partition coefficient (Wildman–Crippen LogP) is 1.73. The molecule has 1 heterocycles. The molecule has 1 amide bonds. The van der Waals surface area contributed by atoms with Crippen molar-refractivity contribution in [2.45, 2.75) is 12.8 Å². The molecule has 0 aromatic heterocycles. The number of primary amides is 1.